The lowest BCUT2D eigenvalue weighted by Crippen LogP contribution is -2.34. The number of ether oxygens (including phenoxy) is 1. The molecule has 0 spiro atoms. The van der Waals surface area contributed by atoms with E-state index in [-0.39, 0.29) is 34.2 Å². The number of likely N-dealkylation sites (N-methyl/N-ethyl adjacent to an activating group) is 1. The van der Waals surface area contributed by atoms with E-state index in [1.807, 2.05) is 36.5 Å². The highest BCUT2D eigenvalue weighted by Crippen LogP contribution is 2.28. The van der Waals surface area contributed by atoms with E-state index in [1.54, 1.807) is 17.4 Å². The van der Waals surface area contributed by atoms with Crippen molar-refractivity contribution in [2.75, 3.05) is 27.7 Å². The summed E-state index contributed by atoms with van der Waals surface area (Å²) in [4.78, 5) is 15.8. The second-order valence-electron chi connectivity index (χ2n) is 6.97. The zero-order valence-corrected chi connectivity index (χ0v) is 17.8. The molecule has 0 radical (unpaired) electrons. The third kappa shape index (κ3) is 4.91. The van der Waals surface area contributed by atoms with Crippen LogP contribution in [0.5, 0.6) is 5.75 Å². The van der Waals surface area contributed by atoms with E-state index >= 15 is 0 Å². The van der Waals surface area contributed by atoms with E-state index in [4.69, 9.17) is 4.74 Å². The molecule has 0 bridgehead atoms. The number of thiophene rings is 1. The molecule has 1 fully saturated rings. The number of hydrogen-bond donors (Lipinski definition) is 2. The third-order valence-electron chi connectivity index (χ3n) is 4.57. The van der Waals surface area contributed by atoms with Gasteiger partial charge in [0, 0.05) is 23.0 Å². The van der Waals surface area contributed by atoms with Crippen molar-refractivity contribution in [1.82, 2.24) is 14.9 Å². The molecule has 1 aromatic heterocycles. The van der Waals surface area contributed by atoms with Gasteiger partial charge in [0.15, 0.2) is 0 Å². The quantitative estimate of drug-likeness (QED) is 0.646. The lowest BCUT2D eigenvalue weighted by atomic mass is 10.2. The van der Waals surface area contributed by atoms with Crippen molar-refractivity contribution in [3.8, 4) is 5.75 Å². The van der Waals surface area contributed by atoms with Crippen LogP contribution in [0.3, 0.4) is 0 Å². The first-order valence-corrected chi connectivity index (χ1v) is 11.4. The van der Waals surface area contributed by atoms with Gasteiger partial charge in [-0.1, -0.05) is 6.07 Å². The highest BCUT2D eigenvalue weighted by molar-refractivity contribution is 7.89. The van der Waals surface area contributed by atoms with Crippen LogP contribution in [-0.2, 0) is 10.0 Å². The highest BCUT2D eigenvalue weighted by atomic mass is 32.2. The Morgan fingerprint density at radius 3 is 2.64 bits per heavy atom. The molecule has 3 rings (SSSR count). The predicted octanol–water partition coefficient (Wildman–Crippen LogP) is 2.23. The summed E-state index contributed by atoms with van der Waals surface area (Å²) in [5, 5.41) is 4.91. The second kappa shape index (κ2) is 8.60. The lowest BCUT2D eigenvalue weighted by Gasteiger charge is -2.23. The first-order valence-electron chi connectivity index (χ1n) is 9.00. The van der Waals surface area contributed by atoms with Crippen LogP contribution in [0.1, 0.15) is 34.1 Å². The molecule has 28 heavy (non-hydrogen) atoms. The van der Waals surface area contributed by atoms with Gasteiger partial charge in [-0.15, -0.1) is 11.3 Å². The molecule has 2 aromatic rings. The van der Waals surface area contributed by atoms with Crippen molar-refractivity contribution in [2.45, 2.75) is 29.8 Å². The average molecular weight is 424 g/mol. The van der Waals surface area contributed by atoms with Gasteiger partial charge >= 0.3 is 0 Å². The molecule has 1 atom stereocenters. The van der Waals surface area contributed by atoms with Gasteiger partial charge < -0.3 is 15.0 Å². The maximum Gasteiger partial charge on any atom is 0.251 e. The fourth-order valence-electron chi connectivity index (χ4n) is 2.82. The molecule has 152 valence electrons. The van der Waals surface area contributed by atoms with E-state index in [2.05, 4.69) is 10.0 Å². The molecule has 0 saturated heterocycles. The minimum atomic E-state index is -3.74. The van der Waals surface area contributed by atoms with Crippen LogP contribution in [0, 0.1) is 0 Å². The van der Waals surface area contributed by atoms with E-state index < -0.39 is 10.0 Å². The molecule has 1 heterocycles. The predicted molar refractivity (Wildman–Crippen MR) is 109 cm³/mol. The normalized spacial score (nSPS) is 15.4. The Bertz CT molecular complexity index is 923. The Morgan fingerprint density at radius 1 is 1.32 bits per heavy atom. The number of rotatable bonds is 9. The van der Waals surface area contributed by atoms with Crippen molar-refractivity contribution >= 4 is 27.3 Å². The first-order chi connectivity index (χ1) is 13.3. The minimum Gasteiger partial charge on any atom is -0.495 e. The summed E-state index contributed by atoms with van der Waals surface area (Å²) in [5.41, 5.74) is 0.278. The van der Waals surface area contributed by atoms with Crippen LogP contribution in [-0.4, -0.2) is 53.0 Å². The highest BCUT2D eigenvalue weighted by Gasteiger charge is 2.30. The summed E-state index contributed by atoms with van der Waals surface area (Å²) in [6.45, 7) is 0.417. The van der Waals surface area contributed by atoms with E-state index in [0.717, 1.165) is 17.7 Å². The fraction of sp³-hybridized carbons (Fsp3) is 0.421. The van der Waals surface area contributed by atoms with Gasteiger partial charge in [0.05, 0.1) is 13.2 Å². The molecule has 9 heteroatoms. The third-order valence-corrected chi connectivity index (χ3v) is 7.08. The number of benzene rings is 1. The molecule has 0 aliphatic heterocycles. The molecule has 2 N–H and O–H groups in total. The number of carbonyl (C=O) groups excluding carboxylic acids is 1. The molecule has 1 saturated carbocycles. The van der Waals surface area contributed by atoms with Gasteiger partial charge in [-0.25, -0.2) is 13.1 Å². The molecule has 1 amide bonds. The van der Waals surface area contributed by atoms with Crippen molar-refractivity contribution in [1.29, 1.82) is 0 Å². The SMILES string of the molecule is COc1ccc(C(=O)NCC(c2cccs2)N(C)C)cc1S(=O)(=O)NC1CC1. The minimum absolute atomic E-state index is 0.0167. The van der Waals surface area contributed by atoms with Gasteiger partial charge in [0.25, 0.3) is 5.91 Å². The summed E-state index contributed by atoms with van der Waals surface area (Å²) in [7, 11) is 1.59. The molecule has 1 aromatic carbocycles. The Hall–Kier alpha value is -1.94. The van der Waals surface area contributed by atoms with E-state index in [1.165, 1.54) is 19.2 Å². The van der Waals surface area contributed by atoms with Gasteiger partial charge in [0.1, 0.15) is 10.6 Å². The van der Waals surface area contributed by atoms with Crippen LogP contribution >= 0.6 is 11.3 Å². The van der Waals surface area contributed by atoms with Crippen LogP contribution in [0.2, 0.25) is 0 Å². The fourth-order valence-corrected chi connectivity index (χ4v) is 5.24. The zero-order chi connectivity index (χ0) is 20.3. The van der Waals surface area contributed by atoms with Gasteiger partial charge in [-0.05, 0) is 56.6 Å². The lowest BCUT2D eigenvalue weighted by molar-refractivity contribution is 0.0942. The van der Waals surface area contributed by atoms with E-state index in [9.17, 15) is 13.2 Å². The Kier molecular flexibility index (Phi) is 6.39. The van der Waals surface area contributed by atoms with Crippen LogP contribution in [0.25, 0.3) is 0 Å². The van der Waals surface area contributed by atoms with Gasteiger partial charge in [-0.3, -0.25) is 4.79 Å². The molecular weight excluding hydrogens is 398 g/mol. The maximum atomic E-state index is 12.7. The van der Waals surface area contributed by atoms with Crippen molar-refractivity contribution in [3.05, 3.63) is 46.2 Å². The Balaban J connectivity index is 1.77. The first kappa shape index (κ1) is 20.8. The summed E-state index contributed by atoms with van der Waals surface area (Å²) >= 11 is 1.63. The van der Waals surface area contributed by atoms with Crippen molar-refractivity contribution in [2.24, 2.45) is 0 Å². The largest absolute Gasteiger partial charge is 0.495 e. The summed E-state index contributed by atoms with van der Waals surface area (Å²) in [5.74, 6) is -0.108. The molecule has 1 aliphatic rings. The summed E-state index contributed by atoms with van der Waals surface area (Å²) in [6.07, 6.45) is 1.66. The Morgan fingerprint density at radius 2 is 2.07 bits per heavy atom. The van der Waals surface area contributed by atoms with Crippen molar-refractivity contribution < 1.29 is 17.9 Å². The monoisotopic (exact) mass is 423 g/mol. The van der Waals surface area contributed by atoms with Crippen LogP contribution in [0.15, 0.2) is 40.6 Å². The van der Waals surface area contributed by atoms with Crippen LogP contribution in [0.4, 0.5) is 0 Å². The number of hydrogen-bond acceptors (Lipinski definition) is 6. The van der Waals surface area contributed by atoms with Gasteiger partial charge in [0.2, 0.25) is 10.0 Å². The van der Waals surface area contributed by atoms with Crippen LogP contribution < -0.4 is 14.8 Å². The number of amides is 1. The smallest absolute Gasteiger partial charge is 0.251 e. The summed E-state index contributed by atoms with van der Waals surface area (Å²) < 4.78 is 33.1. The molecule has 7 nitrogen and oxygen atoms in total. The molecular formula is C19H25N3O4S2. The number of nitrogens with zero attached hydrogens (tertiary/aromatic N) is 1. The van der Waals surface area contributed by atoms with Crippen molar-refractivity contribution in [3.63, 3.8) is 0 Å². The Labute approximate surface area is 169 Å². The summed E-state index contributed by atoms with van der Waals surface area (Å²) in [6, 6.07) is 8.48. The molecule has 1 aliphatic carbocycles. The maximum absolute atomic E-state index is 12.7. The zero-order valence-electron chi connectivity index (χ0n) is 16.1. The number of sulfonamides is 1. The molecule has 1 unspecified atom stereocenters. The van der Waals surface area contributed by atoms with E-state index in [0.29, 0.717) is 6.54 Å². The number of nitrogens with one attached hydrogen (secondary N) is 2. The second-order valence-corrected chi connectivity index (χ2v) is 9.63. The number of methoxy groups -OCH3 is 1. The number of carbonyl (C=O) groups is 1. The standard InChI is InChI=1S/C19H25N3O4S2/c1-22(2)15(17-5-4-10-27-17)12-20-19(23)13-6-9-16(26-3)18(11-13)28(24,25)21-14-7-8-14/h4-6,9-11,14-15,21H,7-8,12H2,1-3H3,(H,20,23). The topological polar surface area (TPSA) is 87.7 Å². The van der Waals surface area contributed by atoms with Gasteiger partial charge in [-0.2, -0.15) is 0 Å². The average Bonchev–Trinajstić information content (AvgIpc) is 3.29.